The van der Waals surface area contributed by atoms with Gasteiger partial charge in [-0.05, 0) is 43.3 Å². The van der Waals surface area contributed by atoms with Crippen molar-refractivity contribution in [3.05, 3.63) is 47.5 Å². The molecule has 9 nitrogen and oxygen atoms in total. The summed E-state index contributed by atoms with van der Waals surface area (Å²) in [7, 11) is 0. The van der Waals surface area contributed by atoms with Gasteiger partial charge in [0.15, 0.2) is 35.4 Å². The van der Waals surface area contributed by atoms with Crippen molar-refractivity contribution in [3.63, 3.8) is 0 Å². The first-order valence-electron chi connectivity index (χ1n) is 8.75. The molecule has 0 bridgehead atoms. The molecule has 2 aliphatic rings. The second kappa shape index (κ2) is 8.09. The second-order valence-corrected chi connectivity index (χ2v) is 6.17. The normalized spacial score (nSPS) is 13.9. The molecular formula is C20H17NO8. The van der Waals surface area contributed by atoms with Gasteiger partial charge in [0.1, 0.15) is 0 Å². The minimum absolute atomic E-state index is 0.117. The van der Waals surface area contributed by atoms with E-state index in [0.29, 0.717) is 34.3 Å². The highest BCUT2D eigenvalue weighted by molar-refractivity contribution is 5.99. The summed E-state index contributed by atoms with van der Waals surface area (Å²) >= 11 is 0. The van der Waals surface area contributed by atoms with E-state index in [4.69, 9.17) is 28.5 Å². The number of nitrogens with zero attached hydrogens (tertiary/aromatic N) is 1. The van der Waals surface area contributed by atoms with E-state index in [1.807, 2.05) is 0 Å². The number of carbonyl (C=O) groups is 2. The molecule has 150 valence electrons. The maximum absolute atomic E-state index is 12.1. The molecule has 0 aliphatic carbocycles. The van der Waals surface area contributed by atoms with E-state index in [-0.39, 0.29) is 19.4 Å². The molecule has 2 aliphatic heterocycles. The van der Waals surface area contributed by atoms with Gasteiger partial charge in [-0.25, -0.2) is 4.79 Å². The summed E-state index contributed by atoms with van der Waals surface area (Å²) in [5.41, 5.74) is 1.67. The molecule has 0 unspecified atom stereocenters. The maximum Gasteiger partial charge on any atom is 0.347 e. The molecule has 2 heterocycles. The zero-order chi connectivity index (χ0) is 20.2. The highest BCUT2D eigenvalue weighted by Gasteiger charge is 2.18. The van der Waals surface area contributed by atoms with Crippen LogP contribution in [0.1, 0.15) is 22.8 Å². The van der Waals surface area contributed by atoms with Crippen molar-refractivity contribution in [1.82, 2.24) is 0 Å². The number of fused-ring (bicyclic) bond motifs is 2. The summed E-state index contributed by atoms with van der Waals surface area (Å²) < 4.78 is 25.9. The lowest BCUT2D eigenvalue weighted by Gasteiger charge is -2.06. The standard InChI is InChI=1S/C20H17NO8/c1-12(13-2-4-16-18(6-13)27-10-25-16)21-29-9-20(23)24-8-15(22)14-3-5-17-19(7-14)28-11-26-17/h2-7H,8-11H2,1H3/b21-12-. The summed E-state index contributed by atoms with van der Waals surface area (Å²) in [4.78, 5) is 29.0. The predicted molar refractivity (Wildman–Crippen MR) is 98.6 cm³/mol. The minimum Gasteiger partial charge on any atom is -0.455 e. The minimum atomic E-state index is -0.707. The van der Waals surface area contributed by atoms with Gasteiger partial charge in [0.25, 0.3) is 0 Å². The molecule has 0 atom stereocenters. The number of oxime groups is 1. The molecule has 29 heavy (non-hydrogen) atoms. The molecule has 0 fully saturated rings. The average molecular weight is 399 g/mol. The monoisotopic (exact) mass is 399 g/mol. The van der Waals surface area contributed by atoms with Gasteiger partial charge in [0, 0.05) is 11.1 Å². The molecule has 0 saturated carbocycles. The van der Waals surface area contributed by atoms with Gasteiger partial charge in [-0.3, -0.25) is 4.79 Å². The summed E-state index contributed by atoms with van der Waals surface area (Å²) in [5, 5.41) is 3.89. The molecule has 0 aromatic heterocycles. The van der Waals surface area contributed by atoms with E-state index >= 15 is 0 Å². The highest BCUT2D eigenvalue weighted by Crippen LogP contribution is 2.33. The van der Waals surface area contributed by atoms with Gasteiger partial charge < -0.3 is 28.5 Å². The molecule has 2 aromatic rings. The van der Waals surface area contributed by atoms with Crippen molar-refractivity contribution in [2.24, 2.45) is 5.16 Å². The van der Waals surface area contributed by atoms with Gasteiger partial charge in [0.2, 0.25) is 20.2 Å². The summed E-state index contributed by atoms with van der Waals surface area (Å²) in [6.07, 6.45) is 0. The Hall–Kier alpha value is -3.75. The van der Waals surface area contributed by atoms with Crippen LogP contribution in [0, 0.1) is 0 Å². The third kappa shape index (κ3) is 4.23. The number of Topliss-reactive ketones (excluding diaryl/α,β-unsaturated/α-hetero) is 1. The van der Waals surface area contributed by atoms with E-state index in [0.717, 1.165) is 5.56 Å². The largest absolute Gasteiger partial charge is 0.455 e. The topological polar surface area (TPSA) is 102 Å². The number of hydrogen-bond donors (Lipinski definition) is 0. The lowest BCUT2D eigenvalue weighted by Crippen LogP contribution is -2.17. The van der Waals surface area contributed by atoms with Crippen LogP contribution in [0.25, 0.3) is 0 Å². The van der Waals surface area contributed by atoms with Crippen molar-refractivity contribution in [2.75, 3.05) is 26.8 Å². The zero-order valence-corrected chi connectivity index (χ0v) is 15.5. The Morgan fingerprint density at radius 3 is 2.14 bits per heavy atom. The first kappa shape index (κ1) is 18.6. The van der Waals surface area contributed by atoms with E-state index in [1.165, 1.54) is 0 Å². The molecule has 0 saturated heterocycles. The van der Waals surface area contributed by atoms with Gasteiger partial charge in [0.05, 0.1) is 5.71 Å². The van der Waals surface area contributed by atoms with Gasteiger partial charge in [-0.15, -0.1) is 0 Å². The Bertz CT molecular complexity index is 984. The average Bonchev–Trinajstić information content (AvgIpc) is 3.39. The highest BCUT2D eigenvalue weighted by atomic mass is 16.7. The summed E-state index contributed by atoms with van der Waals surface area (Å²) in [6, 6.07) is 10.1. The SMILES string of the molecule is C/C(=N/OCC(=O)OCC(=O)c1ccc2c(c1)OCO2)c1ccc2c(c1)OCO2. The van der Waals surface area contributed by atoms with Crippen LogP contribution in [0.4, 0.5) is 0 Å². The van der Waals surface area contributed by atoms with Crippen LogP contribution in [0.3, 0.4) is 0 Å². The van der Waals surface area contributed by atoms with Crippen molar-refractivity contribution in [1.29, 1.82) is 0 Å². The van der Waals surface area contributed by atoms with Crippen LogP contribution in [0.5, 0.6) is 23.0 Å². The van der Waals surface area contributed by atoms with Crippen LogP contribution in [0.15, 0.2) is 41.6 Å². The van der Waals surface area contributed by atoms with Gasteiger partial charge >= 0.3 is 5.97 Å². The van der Waals surface area contributed by atoms with Crippen LogP contribution in [-0.2, 0) is 14.4 Å². The van der Waals surface area contributed by atoms with Gasteiger partial charge in [-0.2, -0.15) is 0 Å². The molecule has 0 N–H and O–H groups in total. The van der Waals surface area contributed by atoms with Crippen LogP contribution < -0.4 is 18.9 Å². The van der Waals surface area contributed by atoms with E-state index in [2.05, 4.69) is 5.16 Å². The fraction of sp³-hybridized carbons (Fsp3) is 0.250. The maximum atomic E-state index is 12.1. The Morgan fingerprint density at radius 2 is 1.45 bits per heavy atom. The molecule has 0 amide bonds. The number of ether oxygens (including phenoxy) is 5. The molecule has 9 heteroatoms. The molecule has 2 aromatic carbocycles. The Kier molecular flexibility index (Phi) is 5.19. The number of ketones is 1. The number of esters is 1. The van der Waals surface area contributed by atoms with Crippen LogP contribution in [-0.4, -0.2) is 44.3 Å². The first-order chi connectivity index (χ1) is 14.1. The lowest BCUT2D eigenvalue weighted by molar-refractivity contribution is -0.147. The van der Waals surface area contributed by atoms with Crippen molar-refractivity contribution >= 4 is 17.5 Å². The number of benzene rings is 2. The number of hydrogen-bond acceptors (Lipinski definition) is 9. The van der Waals surface area contributed by atoms with E-state index in [1.54, 1.807) is 43.3 Å². The fourth-order valence-corrected chi connectivity index (χ4v) is 2.70. The van der Waals surface area contributed by atoms with Crippen LogP contribution in [0.2, 0.25) is 0 Å². The number of carbonyl (C=O) groups excluding carboxylic acids is 2. The lowest BCUT2D eigenvalue weighted by atomic mass is 10.1. The first-order valence-corrected chi connectivity index (χ1v) is 8.75. The number of rotatable bonds is 7. The van der Waals surface area contributed by atoms with Crippen molar-refractivity contribution < 1.29 is 38.1 Å². The summed E-state index contributed by atoms with van der Waals surface area (Å²) in [6.45, 7) is 1.20. The van der Waals surface area contributed by atoms with Crippen LogP contribution >= 0.6 is 0 Å². The zero-order valence-electron chi connectivity index (χ0n) is 15.5. The van der Waals surface area contributed by atoms with Crippen molar-refractivity contribution in [3.8, 4) is 23.0 Å². The third-order valence-electron chi connectivity index (χ3n) is 4.23. The van der Waals surface area contributed by atoms with Gasteiger partial charge in [-0.1, -0.05) is 5.16 Å². The molecule has 0 radical (unpaired) electrons. The van der Waals surface area contributed by atoms with E-state index in [9.17, 15) is 9.59 Å². The predicted octanol–water partition coefficient (Wildman–Crippen LogP) is 2.31. The smallest absolute Gasteiger partial charge is 0.347 e. The van der Waals surface area contributed by atoms with Crippen molar-refractivity contribution in [2.45, 2.75) is 6.92 Å². The Balaban J connectivity index is 1.24. The summed E-state index contributed by atoms with van der Waals surface area (Å²) in [5.74, 6) is 1.27. The molecule has 0 spiro atoms. The fourth-order valence-electron chi connectivity index (χ4n) is 2.70. The molecular weight excluding hydrogens is 382 g/mol. The molecule has 4 rings (SSSR count). The Labute approximate surface area is 165 Å². The third-order valence-corrected chi connectivity index (χ3v) is 4.23. The Morgan fingerprint density at radius 1 is 0.862 bits per heavy atom. The second-order valence-electron chi connectivity index (χ2n) is 6.17. The van der Waals surface area contributed by atoms with E-state index < -0.39 is 19.2 Å². The quantitative estimate of drug-likeness (QED) is 0.303.